The minimum atomic E-state index is -0.579. The number of aromatic amines is 1. The van der Waals surface area contributed by atoms with E-state index in [0.29, 0.717) is 34.4 Å². The maximum absolute atomic E-state index is 14.7. The van der Waals surface area contributed by atoms with Crippen molar-refractivity contribution in [3.63, 3.8) is 0 Å². The van der Waals surface area contributed by atoms with Crippen molar-refractivity contribution >= 4 is 17.4 Å². The summed E-state index contributed by atoms with van der Waals surface area (Å²) >= 11 is 6.37. The van der Waals surface area contributed by atoms with Crippen molar-refractivity contribution in [1.29, 1.82) is 0 Å². The predicted octanol–water partition coefficient (Wildman–Crippen LogP) is 4.68. The molecule has 1 saturated carbocycles. The lowest BCUT2D eigenvalue weighted by atomic mass is 9.95. The largest absolute Gasteiger partial charge is 0.387 e. The highest BCUT2D eigenvalue weighted by Crippen LogP contribution is 2.28. The van der Waals surface area contributed by atoms with Crippen LogP contribution in [0, 0.1) is 29.0 Å². The zero-order valence-corrected chi connectivity index (χ0v) is 19.5. The normalized spacial score (nSPS) is 14.2. The van der Waals surface area contributed by atoms with E-state index in [1.807, 2.05) is 26.8 Å². The Morgan fingerprint density at radius 1 is 1.30 bits per heavy atom. The zero-order chi connectivity index (χ0) is 23.8. The second-order valence-electron chi connectivity index (χ2n) is 9.17. The van der Waals surface area contributed by atoms with Gasteiger partial charge >= 0.3 is 5.69 Å². The van der Waals surface area contributed by atoms with E-state index in [0.717, 1.165) is 23.1 Å². The Bertz CT molecular complexity index is 1350. The van der Waals surface area contributed by atoms with Crippen LogP contribution < -0.4 is 11.4 Å². The number of nitrogens with one attached hydrogen (secondary N) is 1. The van der Waals surface area contributed by atoms with Gasteiger partial charge in [-0.05, 0) is 48.7 Å². The van der Waals surface area contributed by atoms with Crippen molar-refractivity contribution in [3.8, 4) is 28.9 Å². The summed E-state index contributed by atoms with van der Waals surface area (Å²) in [4.78, 5) is 19.7. The summed E-state index contributed by atoms with van der Waals surface area (Å²) in [5.41, 5.74) is 7.21. The van der Waals surface area contributed by atoms with Crippen molar-refractivity contribution in [3.05, 3.63) is 68.8 Å². The number of aliphatic imine (C=N–C) groups is 1. The third kappa shape index (κ3) is 5.35. The highest BCUT2D eigenvalue weighted by Gasteiger charge is 2.19. The Balaban J connectivity index is 1.63. The maximum atomic E-state index is 14.7. The van der Waals surface area contributed by atoms with Crippen molar-refractivity contribution in [2.45, 2.75) is 40.2 Å². The lowest BCUT2D eigenvalue weighted by molar-refractivity contribution is 0.581. The van der Waals surface area contributed by atoms with Gasteiger partial charge in [0.1, 0.15) is 11.5 Å². The summed E-state index contributed by atoms with van der Waals surface area (Å²) in [6.07, 6.45) is 2.19. The molecular weight excluding hydrogens is 441 g/mol. The van der Waals surface area contributed by atoms with Crippen LogP contribution in [0.15, 0.2) is 46.2 Å². The summed E-state index contributed by atoms with van der Waals surface area (Å²) in [5, 5.41) is 4.69. The smallest absolute Gasteiger partial charge is 0.348 e. The molecule has 1 aromatic heterocycles. The molecule has 33 heavy (non-hydrogen) atoms. The van der Waals surface area contributed by atoms with Crippen molar-refractivity contribution in [1.82, 2.24) is 14.8 Å². The molecule has 6 nitrogen and oxygen atoms in total. The summed E-state index contributed by atoms with van der Waals surface area (Å²) in [6, 6.07) is 9.83. The lowest BCUT2D eigenvalue weighted by Gasteiger charge is -2.17. The topological polar surface area (TPSA) is 89.1 Å². The fourth-order valence-corrected chi connectivity index (χ4v) is 3.25. The number of halogens is 2. The second-order valence-corrected chi connectivity index (χ2v) is 9.57. The Kier molecular flexibility index (Phi) is 6.13. The van der Waals surface area contributed by atoms with Crippen LogP contribution in [0.2, 0.25) is 5.02 Å². The van der Waals surface area contributed by atoms with Crippen LogP contribution in [0.1, 0.15) is 44.7 Å². The molecule has 2 aromatic carbocycles. The number of amidine groups is 1. The first-order valence-corrected chi connectivity index (χ1v) is 11.1. The summed E-state index contributed by atoms with van der Waals surface area (Å²) in [5.74, 6) is 6.68. The molecule has 1 aliphatic carbocycles. The summed E-state index contributed by atoms with van der Waals surface area (Å²) in [7, 11) is 0. The molecule has 4 rings (SSSR count). The van der Waals surface area contributed by atoms with Crippen molar-refractivity contribution < 1.29 is 4.39 Å². The van der Waals surface area contributed by atoms with Gasteiger partial charge in [-0.3, -0.25) is 9.98 Å². The van der Waals surface area contributed by atoms with Gasteiger partial charge in [0.2, 0.25) is 0 Å². The minimum absolute atomic E-state index is 0.0364. The molecule has 0 radical (unpaired) electrons. The number of H-pyrrole nitrogens is 1. The van der Waals surface area contributed by atoms with Gasteiger partial charge in [-0.1, -0.05) is 50.3 Å². The lowest BCUT2D eigenvalue weighted by Crippen LogP contribution is -2.28. The molecule has 3 aromatic rings. The Morgan fingerprint density at radius 2 is 2.06 bits per heavy atom. The van der Waals surface area contributed by atoms with Crippen molar-refractivity contribution in [2.24, 2.45) is 22.1 Å². The predicted molar refractivity (Wildman–Crippen MR) is 129 cm³/mol. The molecule has 0 unspecified atom stereocenters. The number of rotatable bonds is 4. The van der Waals surface area contributed by atoms with Crippen LogP contribution in [-0.4, -0.2) is 20.6 Å². The quantitative estimate of drug-likeness (QED) is 0.333. The SMILES string of the molecule is CC(C)(C)C(N)=NCc1ccc(Cl)c(-c2nn(-c3ccc(C#CC4CC4)cc3F)c(=O)[nH]2)c1. The molecule has 3 N–H and O–H groups in total. The van der Waals surface area contributed by atoms with Gasteiger partial charge in [0.15, 0.2) is 5.82 Å². The Labute approximate surface area is 196 Å². The van der Waals surface area contributed by atoms with Crippen LogP contribution in [0.4, 0.5) is 4.39 Å². The van der Waals surface area contributed by atoms with E-state index >= 15 is 0 Å². The molecule has 1 fully saturated rings. The van der Waals surface area contributed by atoms with Crippen LogP contribution in [0.5, 0.6) is 0 Å². The van der Waals surface area contributed by atoms with E-state index in [4.69, 9.17) is 17.3 Å². The van der Waals surface area contributed by atoms with E-state index < -0.39 is 11.5 Å². The van der Waals surface area contributed by atoms with Gasteiger partial charge in [0, 0.05) is 22.5 Å². The number of nitrogens with zero attached hydrogens (tertiary/aromatic N) is 3. The van der Waals surface area contributed by atoms with E-state index in [2.05, 4.69) is 26.9 Å². The second kappa shape index (κ2) is 8.87. The van der Waals surface area contributed by atoms with E-state index in [-0.39, 0.29) is 16.9 Å². The first-order valence-electron chi connectivity index (χ1n) is 10.7. The van der Waals surface area contributed by atoms with Crippen LogP contribution >= 0.6 is 11.6 Å². The van der Waals surface area contributed by atoms with Gasteiger partial charge in [-0.15, -0.1) is 5.10 Å². The number of aromatic nitrogens is 3. The highest BCUT2D eigenvalue weighted by atomic mass is 35.5. The molecule has 1 aliphatic rings. The fourth-order valence-electron chi connectivity index (χ4n) is 3.04. The molecule has 170 valence electrons. The molecular formula is C25H25ClFN5O. The van der Waals surface area contributed by atoms with Gasteiger partial charge in [0.25, 0.3) is 0 Å². The third-order valence-electron chi connectivity index (χ3n) is 5.28. The van der Waals surface area contributed by atoms with Gasteiger partial charge in [0.05, 0.1) is 17.4 Å². The number of benzene rings is 2. The van der Waals surface area contributed by atoms with Crippen LogP contribution in [0.25, 0.3) is 17.1 Å². The Hall–Kier alpha value is -3.37. The number of nitrogens with two attached hydrogens (primary N) is 1. The zero-order valence-electron chi connectivity index (χ0n) is 18.7. The van der Waals surface area contributed by atoms with E-state index in [1.54, 1.807) is 18.2 Å². The minimum Gasteiger partial charge on any atom is -0.387 e. The van der Waals surface area contributed by atoms with Crippen molar-refractivity contribution in [2.75, 3.05) is 0 Å². The number of hydrogen-bond donors (Lipinski definition) is 2. The summed E-state index contributed by atoms with van der Waals surface area (Å²) in [6.45, 7) is 6.32. The van der Waals surface area contributed by atoms with Crippen LogP contribution in [-0.2, 0) is 6.54 Å². The fraction of sp³-hybridized carbons (Fsp3) is 0.320. The van der Waals surface area contributed by atoms with Crippen LogP contribution in [0.3, 0.4) is 0 Å². The van der Waals surface area contributed by atoms with E-state index in [1.165, 1.54) is 12.1 Å². The first kappa shape index (κ1) is 22.8. The molecule has 0 bridgehead atoms. The molecule has 0 atom stereocenters. The monoisotopic (exact) mass is 465 g/mol. The first-order chi connectivity index (χ1) is 15.6. The molecule has 8 heteroatoms. The molecule has 0 aliphatic heterocycles. The summed E-state index contributed by atoms with van der Waals surface area (Å²) < 4.78 is 15.7. The number of hydrogen-bond acceptors (Lipinski definition) is 3. The van der Waals surface area contributed by atoms with E-state index in [9.17, 15) is 9.18 Å². The maximum Gasteiger partial charge on any atom is 0.348 e. The standard InChI is InChI=1S/C25H25ClFN5O/c1-25(2,3)23(28)29-14-17-8-10-19(26)18(12-17)22-30-24(33)32(31-22)21-11-9-16(13-20(21)27)7-6-15-4-5-15/h8-13,15H,4-5,14H2,1-3H3,(H2,28,29)(H,30,31,33). The molecule has 0 amide bonds. The average molecular weight is 466 g/mol. The Morgan fingerprint density at radius 3 is 2.73 bits per heavy atom. The van der Waals surface area contributed by atoms with Gasteiger partial charge in [-0.25, -0.2) is 9.18 Å². The van der Waals surface area contributed by atoms with Gasteiger partial charge in [-0.2, -0.15) is 4.68 Å². The third-order valence-corrected chi connectivity index (χ3v) is 5.61. The highest BCUT2D eigenvalue weighted by molar-refractivity contribution is 6.33. The molecule has 1 heterocycles. The average Bonchev–Trinajstić information content (AvgIpc) is 3.51. The molecule has 0 saturated heterocycles. The molecule has 0 spiro atoms. The van der Waals surface area contributed by atoms with Gasteiger partial charge < -0.3 is 5.73 Å².